The van der Waals surface area contributed by atoms with E-state index in [4.69, 9.17) is 20.4 Å². The van der Waals surface area contributed by atoms with E-state index in [0.29, 0.717) is 12.8 Å². The molecule has 4 aromatic carbocycles. The Morgan fingerprint density at radius 1 is 0.395 bits per heavy atom. The molecule has 0 fully saturated rings. The van der Waals surface area contributed by atoms with Gasteiger partial charge in [0.15, 0.2) is 0 Å². The third-order valence-electron chi connectivity index (χ3n) is 5.57. The third-order valence-corrected chi connectivity index (χ3v) is 5.57. The van der Waals surface area contributed by atoms with Gasteiger partial charge in [-0.2, -0.15) is 0 Å². The summed E-state index contributed by atoms with van der Waals surface area (Å²) in [5.41, 5.74) is 4.60. The van der Waals surface area contributed by atoms with Gasteiger partial charge in [0, 0.05) is 0 Å². The Bertz CT molecular complexity index is 1340. The van der Waals surface area contributed by atoms with Gasteiger partial charge < -0.3 is 20.4 Å². The second-order valence-corrected chi connectivity index (χ2v) is 8.37. The summed E-state index contributed by atoms with van der Waals surface area (Å²) in [5.74, 6) is -3.84. The number of carboxylic acid groups (broad SMARTS) is 4. The van der Waals surface area contributed by atoms with Crippen LogP contribution in [0.25, 0.3) is 0 Å². The first-order valence-corrected chi connectivity index (χ1v) is 11.4. The molecule has 0 aliphatic heterocycles. The Kier molecular flexibility index (Phi) is 9.10. The molecule has 4 aromatic rings. The van der Waals surface area contributed by atoms with Gasteiger partial charge in [-0.15, -0.1) is 0 Å². The van der Waals surface area contributed by atoms with Gasteiger partial charge in [-0.3, -0.25) is 0 Å². The highest BCUT2D eigenvalue weighted by Crippen LogP contribution is 2.14. The van der Waals surface area contributed by atoms with Gasteiger partial charge in [0.25, 0.3) is 0 Å². The zero-order chi connectivity index (χ0) is 27.7. The van der Waals surface area contributed by atoms with Gasteiger partial charge >= 0.3 is 23.9 Å². The fourth-order valence-electron chi connectivity index (χ4n) is 3.63. The average Bonchev–Trinajstić information content (AvgIpc) is 2.90. The monoisotopic (exact) mass is 512 g/mol. The summed E-state index contributed by atoms with van der Waals surface area (Å²) in [6, 6.07) is 26.5. The quantitative estimate of drug-likeness (QED) is 0.247. The highest BCUT2D eigenvalue weighted by atomic mass is 16.4. The Labute approximate surface area is 218 Å². The summed E-state index contributed by atoms with van der Waals surface area (Å²) in [4.78, 5) is 43.2. The van der Waals surface area contributed by atoms with Gasteiger partial charge in [0.1, 0.15) is 0 Å². The Balaban J connectivity index is 0.000000211. The summed E-state index contributed by atoms with van der Waals surface area (Å²) in [7, 11) is 0. The standard InChI is InChI=1S/2C15H12O4/c16-14(17)12-5-1-10(2-6-12)9-11-3-7-13(8-4-11)15(18)19;16-14(17)12-5-1-3-10(8-12)7-11-4-2-6-13(9-11)15(18)19/h1-8H,9H2,(H,16,17)(H,18,19);1-6,8-9H,7H2,(H,16,17)(H,18,19). The summed E-state index contributed by atoms with van der Waals surface area (Å²) in [5, 5.41) is 35.4. The van der Waals surface area contributed by atoms with Gasteiger partial charge in [-0.1, -0.05) is 48.5 Å². The molecule has 0 radical (unpaired) electrons. The van der Waals surface area contributed by atoms with E-state index in [0.717, 1.165) is 22.3 Å². The fourth-order valence-corrected chi connectivity index (χ4v) is 3.63. The van der Waals surface area contributed by atoms with Crippen molar-refractivity contribution in [2.75, 3.05) is 0 Å². The highest BCUT2D eigenvalue weighted by molar-refractivity contribution is 5.89. The van der Waals surface area contributed by atoms with Crippen LogP contribution in [0.4, 0.5) is 0 Å². The molecule has 4 rings (SSSR count). The van der Waals surface area contributed by atoms with E-state index in [1.165, 1.54) is 12.1 Å². The van der Waals surface area contributed by atoms with Crippen molar-refractivity contribution in [2.24, 2.45) is 0 Å². The smallest absolute Gasteiger partial charge is 0.335 e. The van der Waals surface area contributed by atoms with Crippen molar-refractivity contribution in [3.05, 3.63) is 142 Å². The van der Waals surface area contributed by atoms with E-state index in [1.807, 2.05) is 12.1 Å². The average molecular weight is 513 g/mol. The van der Waals surface area contributed by atoms with Crippen molar-refractivity contribution >= 4 is 23.9 Å². The van der Waals surface area contributed by atoms with Crippen LogP contribution in [0.2, 0.25) is 0 Å². The second kappa shape index (κ2) is 12.6. The number of carbonyl (C=O) groups is 4. The minimum atomic E-state index is -0.971. The van der Waals surface area contributed by atoms with E-state index in [-0.39, 0.29) is 22.3 Å². The van der Waals surface area contributed by atoms with Crippen molar-refractivity contribution in [1.82, 2.24) is 0 Å². The summed E-state index contributed by atoms with van der Waals surface area (Å²) in [6.45, 7) is 0. The molecule has 0 spiro atoms. The minimum Gasteiger partial charge on any atom is -0.478 e. The number of hydrogen-bond acceptors (Lipinski definition) is 4. The van der Waals surface area contributed by atoms with Crippen molar-refractivity contribution in [3.63, 3.8) is 0 Å². The van der Waals surface area contributed by atoms with Gasteiger partial charge in [0.05, 0.1) is 22.3 Å². The Hall–Kier alpha value is -5.24. The molecule has 4 N–H and O–H groups in total. The van der Waals surface area contributed by atoms with Crippen LogP contribution in [0.15, 0.2) is 97.1 Å². The molecule has 0 bridgehead atoms. The summed E-state index contributed by atoms with van der Waals surface area (Å²) < 4.78 is 0. The second-order valence-electron chi connectivity index (χ2n) is 8.37. The number of aromatic carboxylic acids is 4. The van der Waals surface area contributed by atoms with E-state index in [1.54, 1.807) is 72.8 Å². The summed E-state index contributed by atoms with van der Waals surface area (Å²) in [6.07, 6.45) is 1.14. The first-order valence-electron chi connectivity index (χ1n) is 11.4. The SMILES string of the molecule is O=C(O)c1ccc(Cc2ccc(C(=O)O)cc2)cc1.O=C(O)c1cccc(Cc2cccc(C(=O)O)c2)c1. The van der Waals surface area contributed by atoms with Crippen LogP contribution in [-0.4, -0.2) is 44.3 Å². The van der Waals surface area contributed by atoms with Crippen molar-refractivity contribution in [2.45, 2.75) is 12.8 Å². The molecular weight excluding hydrogens is 488 g/mol. The maximum absolute atomic E-state index is 10.9. The highest BCUT2D eigenvalue weighted by Gasteiger charge is 2.07. The lowest BCUT2D eigenvalue weighted by molar-refractivity contribution is 0.0686. The van der Waals surface area contributed by atoms with Gasteiger partial charge in [-0.05, 0) is 83.6 Å². The molecule has 0 aliphatic carbocycles. The number of benzene rings is 4. The predicted molar refractivity (Wildman–Crippen MR) is 139 cm³/mol. The first-order chi connectivity index (χ1) is 18.1. The molecule has 0 saturated carbocycles. The summed E-state index contributed by atoms with van der Waals surface area (Å²) >= 11 is 0. The van der Waals surface area contributed by atoms with Crippen LogP contribution in [0.1, 0.15) is 63.7 Å². The number of hydrogen-bond donors (Lipinski definition) is 4. The van der Waals surface area contributed by atoms with Crippen LogP contribution in [-0.2, 0) is 12.8 Å². The zero-order valence-corrected chi connectivity index (χ0v) is 20.1. The molecule has 0 aliphatic rings. The lowest BCUT2D eigenvalue weighted by Crippen LogP contribution is -1.99. The van der Waals surface area contributed by atoms with Crippen LogP contribution in [0, 0.1) is 0 Å². The third kappa shape index (κ3) is 7.89. The molecule has 8 nitrogen and oxygen atoms in total. The van der Waals surface area contributed by atoms with Crippen LogP contribution in [0.3, 0.4) is 0 Å². The molecule has 0 saturated heterocycles. The van der Waals surface area contributed by atoms with Crippen LogP contribution < -0.4 is 0 Å². The molecule has 0 unspecified atom stereocenters. The minimum absolute atomic E-state index is 0.229. The van der Waals surface area contributed by atoms with E-state index < -0.39 is 23.9 Å². The number of rotatable bonds is 8. The predicted octanol–water partition coefficient (Wildman–Crippen LogP) is 5.35. The maximum atomic E-state index is 10.9. The van der Waals surface area contributed by atoms with E-state index >= 15 is 0 Å². The Morgan fingerprint density at radius 2 is 0.711 bits per heavy atom. The molecule has 0 aromatic heterocycles. The molecule has 38 heavy (non-hydrogen) atoms. The van der Waals surface area contributed by atoms with Crippen molar-refractivity contribution in [3.8, 4) is 0 Å². The fraction of sp³-hybridized carbons (Fsp3) is 0.0667. The topological polar surface area (TPSA) is 149 Å². The first kappa shape index (κ1) is 27.3. The lowest BCUT2D eigenvalue weighted by Gasteiger charge is -2.04. The van der Waals surface area contributed by atoms with Crippen LogP contribution >= 0.6 is 0 Å². The van der Waals surface area contributed by atoms with Crippen molar-refractivity contribution < 1.29 is 39.6 Å². The van der Waals surface area contributed by atoms with Crippen molar-refractivity contribution in [1.29, 1.82) is 0 Å². The normalized spacial score (nSPS) is 10.1. The maximum Gasteiger partial charge on any atom is 0.335 e. The molecule has 192 valence electrons. The van der Waals surface area contributed by atoms with E-state index in [2.05, 4.69) is 0 Å². The molecule has 0 atom stereocenters. The largest absolute Gasteiger partial charge is 0.478 e. The molecular formula is C30H24O8. The van der Waals surface area contributed by atoms with Crippen LogP contribution in [0.5, 0.6) is 0 Å². The Morgan fingerprint density at radius 3 is 1.03 bits per heavy atom. The zero-order valence-electron chi connectivity index (χ0n) is 20.1. The van der Waals surface area contributed by atoms with E-state index in [9.17, 15) is 19.2 Å². The molecule has 8 heteroatoms. The van der Waals surface area contributed by atoms with Gasteiger partial charge in [-0.25, -0.2) is 19.2 Å². The molecule has 0 amide bonds. The van der Waals surface area contributed by atoms with Gasteiger partial charge in [0.2, 0.25) is 0 Å². The molecule has 0 heterocycles. The number of carboxylic acids is 4. The lowest BCUT2D eigenvalue weighted by atomic mass is 10.0.